The van der Waals surface area contributed by atoms with Crippen molar-refractivity contribution in [3.63, 3.8) is 0 Å². The summed E-state index contributed by atoms with van der Waals surface area (Å²) >= 11 is 21.8. The van der Waals surface area contributed by atoms with E-state index in [1.165, 1.54) is 49.1 Å². The van der Waals surface area contributed by atoms with Crippen molar-refractivity contribution in [1.29, 1.82) is 21.6 Å². The van der Waals surface area contributed by atoms with Crippen LogP contribution in [0.3, 0.4) is 0 Å². The summed E-state index contributed by atoms with van der Waals surface area (Å²) in [7, 11) is -17.8. The third-order valence-corrected chi connectivity index (χ3v) is 18.3. The van der Waals surface area contributed by atoms with E-state index in [1.54, 1.807) is 0 Å². The van der Waals surface area contributed by atoms with Gasteiger partial charge in [0.1, 0.15) is 122 Å². The van der Waals surface area contributed by atoms with Gasteiger partial charge in [0.2, 0.25) is 0 Å². The highest BCUT2D eigenvalue weighted by atomic mass is 32.7. The zero-order valence-electron chi connectivity index (χ0n) is 38.5. The Labute approximate surface area is 451 Å². The predicted octanol–water partition coefficient (Wildman–Crippen LogP) is -2.58. The first-order chi connectivity index (χ1) is 35.8. The van der Waals surface area contributed by atoms with E-state index in [2.05, 4.69) is 19.9 Å². The van der Waals surface area contributed by atoms with E-state index in [0.29, 0.717) is 0 Å². The van der Waals surface area contributed by atoms with Crippen LogP contribution in [0.5, 0.6) is 24.0 Å². The van der Waals surface area contributed by atoms with Crippen molar-refractivity contribution in [2.75, 3.05) is 26.4 Å². The first-order valence-corrected chi connectivity index (χ1v) is 32.6. The molecular formula is C36H44N12O20P4S4-4. The number of ether oxygens (including phenoxy) is 4. The van der Waals surface area contributed by atoms with Crippen molar-refractivity contribution < 1.29 is 95.1 Å². The molecule has 5 saturated heterocycles. The fraction of sp³-hybridized carbons (Fsp3) is 0.556. The molecule has 4 unspecified atom stereocenters. The molecule has 9 heterocycles. The molecule has 40 heteroatoms. The molecule has 5 aliphatic rings. The molecule has 0 radical (unpaired) electrons. The molecule has 0 saturated carbocycles. The van der Waals surface area contributed by atoms with Gasteiger partial charge in [-0.15, -0.1) is 0 Å². The van der Waals surface area contributed by atoms with Gasteiger partial charge in [-0.3, -0.25) is 21.6 Å². The largest absolute Gasteiger partial charge is 0.846 e. The Morgan fingerprint density at radius 2 is 0.592 bits per heavy atom. The zero-order valence-corrected chi connectivity index (χ0v) is 45.4. The Morgan fingerprint density at radius 1 is 0.395 bits per heavy atom. The van der Waals surface area contributed by atoms with Crippen molar-refractivity contribution in [2.24, 2.45) is 0 Å². The Morgan fingerprint density at radius 3 is 0.776 bits per heavy atom. The molecule has 4 aromatic rings. The summed E-state index contributed by atoms with van der Waals surface area (Å²) in [4.78, 5) is 60.9. The molecule has 0 aromatic carbocycles. The molecule has 9 rings (SSSR count). The quantitative estimate of drug-likeness (QED) is 0.0768. The van der Waals surface area contributed by atoms with Crippen LogP contribution in [-0.4, -0.2) is 133 Å². The lowest BCUT2D eigenvalue weighted by Crippen LogP contribution is -2.34. The van der Waals surface area contributed by atoms with E-state index in [1.807, 2.05) is 0 Å². The van der Waals surface area contributed by atoms with Gasteiger partial charge in [-0.2, -0.15) is 36.2 Å². The first-order valence-electron chi connectivity index (χ1n) is 22.3. The predicted molar refractivity (Wildman–Crippen MR) is 254 cm³/mol. The summed E-state index contributed by atoms with van der Waals surface area (Å²) in [5.74, 6) is 0. The number of hydrogen-bond acceptors (Lipinski definition) is 32. The number of aromatic nitrogens is 8. The molecule has 0 spiro atoms. The van der Waals surface area contributed by atoms with E-state index >= 15 is 0 Å². The van der Waals surface area contributed by atoms with Gasteiger partial charge in [0.25, 0.3) is 28.6 Å². The van der Waals surface area contributed by atoms with Crippen LogP contribution in [0.15, 0.2) is 49.1 Å². The van der Waals surface area contributed by atoms with E-state index in [9.17, 15) is 40.0 Å². The Kier molecular flexibility index (Phi) is 17.8. The standard InChI is InChI=1S/C36H48N12O20P4S4/c37-25-1-5-45(33(49)41-25)29-9-17-21(61-29)13-57-70(54,74)66-18-10-30(46-6-2-26(38)42-34(46)50)63-23(18)15-59-72(56,76)68-20-12-32(48-8-4-28(40)44-36(48)52)64-24(20)16-60-71(55,75)67-19-11-31(47-7-3-27(39)43-35(47)51)62-22(19)14-58-69(53,73)65-17/h1-8,17-24,29-32H,9-16H2,(H,53,73)(H,54,74)(H,55,75)(H,56,76)(H2,37,41,49)(H2,38,42,50)(H2,39,43,51)(H2,40,44,52)/p-4/t17-,18-,19-,20-,21+,22+,23+,24+,29+,30+,31+,32+,69?,70?,71?,72?/m0/s1. The SMILES string of the molecule is N=c1ccn([C@H]2C[C@@H]3O[P+](O)([S-])OC[C@H]4O[C@@H](n5ccc(=N)nc5[O-])C[C@@H]4O[P+](O)([S-])OC[C@H]4O[C@@H](n5ccc(=N)nc5[O-])C[C@@H]4O[P+](O)([S-])OC[C@H]4O[C@@H](n5ccc(=N)nc5[O-])C[C@@H]4O[P+](O)([S-])OC[C@H]3O2)c([O-])n1. The number of fused-ring (bicyclic) bond motifs is 4. The molecule has 0 bridgehead atoms. The molecule has 8 N–H and O–H groups in total. The topological polar surface area (TPSA) is 451 Å². The lowest BCUT2D eigenvalue weighted by molar-refractivity contribution is -0.291. The highest BCUT2D eigenvalue weighted by molar-refractivity contribution is 8.36. The van der Waals surface area contributed by atoms with E-state index in [0.717, 1.165) is 18.3 Å². The molecule has 5 fully saturated rings. The highest BCUT2D eigenvalue weighted by Crippen LogP contribution is 2.63. The number of hydrogen-bond donors (Lipinski definition) is 8. The minimum Gasteiger partial charge on any atom is -0.846 e. The molecule has 5 aliphatic heterocycles. The smallest absolute Gasteiger partial charge is 0.287 e. The third kappa shape index (κ3) is 14.2. The zero-order chi connectivity index (χ0) is 54.5. The minimum atomic E-state index is -4.45. The second kappa shape index (κ2) is 23.4. The van der Waals surface area contributed by atoms with Gasteiger partial charge >= 0.3 is 0 Å². The molecule has 16 atom stereocenters. The molecule has 32 nitrogen and oxygen atoms in total. The minimum absolute atomic E-state index is 0.241. The monoisotopic (exact) mass is 1220 g/mol. The third-order valence-electron chi connectivity index (χ3n) is 12.0. The molecule has 0 aliphatic carbocycles. The second-order valence-corrected chi connectivity index (χ2v) is 28.3. The van der Waals surface area contributed by atoms with E-state index in [-0.39, 0.29) is 47.6 Å². The fourth-order valence-corrected chi connectivity index (χ4v) is 14.4. The van der Waals surface area contributed by atoms with Crippen molar-refractivity contribution in [2.45, 2.75) is 99.4 Å². The summed E-state index contributed by atoms with van der Waals surface area (Å²) < 4.78 is 75.6. The van der Waals surface area contributed by atoms with Crippen LogP contribution in [0, 0.1) is 21.6 Å². The van der Waals surface area contributed by atoms with Crippen LogP contribution in [0.1, 0.15) is 50.6 Å². The van der Waals surface area contributed by atoms with Crippen molar-refractivity contribution in [1.82, 2.24) is 38.2 Å². The average molecular weight is 1220 g/mol. The summed E-state index contributed by atoms with van der Waals surface area (Å²) in [6, 6.07) is 1.31. The summed E-state index contributed by atoms with van der Waals surface area (Å²) in [5.41, 5.74) is -1.36. The Balaban J connectivity index is 1.03. The van der Waals surface area contributed by atoms with Crippen LogP contribution < -0.4 is 42.4 Å². The normalized spacial score (nSPS) is 38.1. The van der Waals surface area contributed by atoms with Gasteiger partial charge in [-0.05, 0) is 24.3 Å². The van der Waals surface area contributed by atoms with Gasteiger partial charge in [0, 0.05) is 50.5 Å². The average Bonchev–Trinajstić information content (AvgIpc) is 4.11. The molecule has 0 amide bonds. The highest BCUT2D eigenvalue weighted by Gasteiger charge is 2.52. The van der Waals surface area contributed by atoms with Crippen LogP contribution in [-0.2, 0) is 104 Å². The maximum absolute atomic E-state index is 12.9. The molecule has 4 aromatic heterocycles. The van der Waals surface area contributed by atoms with Crippen LogP contribution in [0.25, 0.3) is 0 Å². The summed E-state index contributed by atoms with van der Waals surface area (Å²) in [6.45, 7) is -2.64. The maximum atomic E-state index is 12.9. The lowest BCUT2D eigenvalue weighted by atomic mass is 10.2. The molecule has 416 valence electrons. The molecule has 76 heavy (non-hydrogen) atoms. The lowest BCUT2D eigenvalue weighted by Gasteiger charge is -2.31. The van der Waals surface area contributed by atoms with Gasteiger partial charge in [0.05, 0.1) is 24.0 Å². The second-order valence-electron chi connectivity index (χ2n) is 17.1. The van der Waals surface area contributed by atoms with Crippen LogP contribution in [0.2, 0.25) is 0 Å². The number of rotatable bonds is 4. The van der Waals surface area contributed by atoms with E-state index in [4.69, 9.17) is 126 Å². The van der Waals surface area contributed by atoms with Crippen LogP contribution >= 0.6 is 28.6 Å². The van der Waals surface area contributed by atoms with Gasteiger partial charge in [-0.25, -0.2) is 39.5 Å². The van der Waals surface area contributed by atoms with Gasteiger partial charge in [0.15, 0.2) is 0 Å². The fourth-order valence-electron chi connectivity index (χ4n) is 8.53. The summed E-state index contributed by atoms with van der Waals surface area (Å²) in [6.07, 6.45) is -11.3. The Hall–Kier alpha value is -2.80. The van der Waals surface area contributed by atoms with Crippen molar-refractivity contribution >= 4 is 77.6 Å². The Bertz CT molecular complexity index is 2600. The van der Waals surface area contributed by atoms with Crippen molar-refractivity contribution in [3.05, 3.63) is 71.0 Å². The summed E-state index contributed by atoms with van der Waals surface area (Å²) in [5, 5.41) is 82.7. The van der Waals surface area contributed by atoms with Gasteiger partial charge < -0.3 is 107 Å². The first kappa shape index (κ1) is 57.9. The maximum Gasteiger partial charge on any atom is 0.287 e. The molecular weight excluding hydrogens is 1170 g/mol. The van der Waals surface area contributed by atoms with Crippen LogP contribution in [0.4, 0.5) is 0 Å². The van der Waals surface area contributed by atoms with Gasteiger partial charge in [-0.1, -0.05) is 0 Å². The number of nitrogens with one attached hydrogen (secondary N) is 4. The van der Waals surface area contributed by atoms with E-state index < -0.39 is 153 Å². The number of nitrogens with zero attached hydrogens (tertiary/aromatic N) is 8. The van der Waals surface area contributed by atoms with Crippen molar-refractivity contribution in [3.8, 4) is 24.0 Å².